The number of nitrogens with zero attached hydrogens (tertiary/aromatic N) is 5. The van der Waals surface area contributed by atoms with Gasteiger partial charge in [0.1, 0.15) is 5.82 Å². The Balaban J connectivity index is 1.63. The van der Waals surface area contributed by atoms with Crippen molar-refractivity contribution < 1.29 is 4.52 Å². The molecule has 0 saturated carbocycles. The number of aromatic nitrogens is 4. The highest BCUT2D eigenvalue weighted by atomic mass is 35.5. The van der Waals surface area contributed by atoms with Gasteiger partial charge in [-0.2, -0.15) is 4.98 Å². The van der Waals surface area contributed by atoms with E-state index >= 15 is 0 Å². The number of hydrogen-bond acceptors (Lipinski definition) is 5. The van der Waals surface area contributed by atoms with Gasteiger partial charge in [-0.05, 0) is 37.6 Å². The van der Waals surface area contributed by atoms with Crippen LogP contribution in [0.25, 0.3) is 11.0 Å². The molecule has 3 aromatic rings. The molecule has 1 unspecified atom stereocenters. The molecule has 0 aliphatic carbocycles. The molecule has 0 N–H and O–H groups in total. The lowest BCUT2D eigenvalue weighted by Gasteiger charge is -2.21. The molecule has 0 radical (unpaired) electrons. The van der Waals surface area contributed by atoms with E-state index in [1.54, 1.807) is 0 Å². The van der Waals surface area contributed by atoms with Gasteiger partial charge in [0.15, 0.2) is 5.82 Å². The van der Waals surface area contributed by atoms with E-state index in [1.165, 1.54) is 0 Å². The molecule has 3 heterocycles. The molecule has 1 atom stereocenters. The Morgan fingerprint density at radius 1 is 1.35 bits per heavy atom. The average molecular weight is 332 g/mol. The Morgan fingerprint density at radius 3 is 3.00 bits per heavy atom. The fourth-order valence-electron chi connectivity index (χ4n) is 3.30. The molecule has 1 aliphatic heterocycles. The molecule has 0 amide bonds. The third-order valence-electron chi connectivity index (χ3n) is 4.48. The van der Waals surface area contributed by atoms with Crippen LogP contribution in [0.5, 0.6) is 0 Å². The second-order valence-corrected chi connectivity index (χ2v) is 6.46. The largest absolute Gasteiger partial charge is 0.340 e. The van der Waals surface area contributed by atoms with E-state index in [4.69, 9.17) is 21.1 Å². The van der Waals surface area contributed by atoms with Crippen LogP contribution in [0.3, 0.4) is 0 Å². The van der Waals surface area contributed by atoms with Gasteiger partial charge in [0.2, 0.25) is 5.89 Å². The van der Waals surface area contributed by atoms with Crippen molar-refractivity contribution in [1.82, 2.24) is 24.6 Å². The van der Waals surface area contributed by atoms with Gasteiger partial charge in [-0.25, -0.2) is 4.98 Å². The maximum atomic E-state index is 6.07. The van der Waals surface area contributed by atoms with E-state index in [1.807, 2.05) is 32.2 Å². The topological polar surface area (TPSA) is 60.0 Å². The van der Waals surface area contributed by atoms with Crippen LogP contribution in [0, 0.1) is 6.92 Å². The second-order valence-electron chi connectivity index (χ2n) is 6.02. The lowest BCUT2D eigenvalue weighted by molar-refractivity contribution is 0.227. The van der Waals surface area contributed by atoms with Crippen molar-refractivity contribution in [2.75, 3.05) is 6.54 Å². The van der Waals surface area contributed by atoms with Crippen molar-refractivity contribution in [2.24, 2.45) is 7.05 Å². The Morgan fingerprint density at radius 2 is 2.22 bits per heavy atom. The van der Waals surface area contributed by atoms with Crippen molar-refractivity contribution in [3.63, 3.8) is 0 Å². The molecule has 0 bridgehead atoms. The van der Waals surface area contributed by atoms with Crippen molar-refractivity contribution >= 4 is 22.6 Å². The third-order valence-corrected chi connectivity index (χ3v) is 4.72. The van der Waals surface area contributed by atoms with E-state index in [-0.39, 0.29) is 6.04 Å². The monoisotopic (exact) mass is 331 g/mol. The molecule has 23 heavy (non-hydrogen) atoms. The molecule has 1 aromatic carbocycles. The van der Waals surface area contributed by atoms with Crippen LogP contribution >= 0.6 is 11.6 Å². The molecule has 1 saturated heterocycles. The summed E-state index contributed by atoms with van der Waals surface area (Å²) in [5.41, 5.74) is 2.02. The first-order chi connectivity index (χ1) is 11.1. The van der Waals surface area contributed by atoms with Crippen molar-refractivity contribution in [2.45, 2.75) is 32.4 Å². The van der Waals surface area contributed by atoms with Gasteiger partial charge in [-0.3, -0.25) is 4.90 Å². The Hall–Kier alpha value is -1.92. The van der Waals surface area contributed by atoms with E-state index in [9.17, 15) is 0 Å². The van der Waals surface area contributed by atoms with Crippen LogP contribution in [-0.4, -0.2) is 31.1 Å². The SMILES string of the molecule is Cc1nc(C2CCCN2Cc2nc3cc(Cl)ccc3n2C)no1. The van der Waals surface area contributed by atoms with Gasteiger partial charge in [0, 0.05) is 19.0 Å². The zero-order valence-corrected chi connectivity index (χ0v) is 13.9. The Kier molecular flexibility index (Phi) is 3.58. The van der Waals surface area contributed by atoms with E-state index in [0.29, 0.717) is 10.9 Å². The first-order valence-corrected chi connectivity index (χ1v) is 8.15. The Bertz CT molecular complexity index is 855. The summed E-state index contributed by atoms with van der Waals surface area (Å²) in [6.07, 6.45) is 2.18. The third kappa shape index (κ3) is 2.62. The zero-order valence-electron chi connectivity index (χ0n) is 13.2. The van der Waals surface area contributed by atoms with Crippen LogP contribution in [-0.2, 0) is 13.6 Å². The summed E-state index contributed by atoms with van der Waals surface area (Å²) in [6.45, 7) is 3.61. The van der Waals surface area contributed by atoms with Crippen LogP contribution in [0.4, 0.5) is 0 Å². The van der Waals surface area contributed by atoms with Crippen LogP contribution in [0.15, 0.2) is 22.7 Å². The number of halogens is 1. The lowest BCUT2D eigenvalue weighted by atomic mass is 10.2. The quantitative estimate of drug-likeness (QED) is 0.737. The van der Waals surface area contributed by atoms with E-state index in [0.717, 1.165) is 48.6 Å². The summed E-state index contributed by atoms with van der Waals surface area (Å²) in [4.78, 5) is 11.5. The molecular weight excluding hydrogens is 314 g/mol. The predicted octanol–water partition coefficient (Wildman–Crippen LogP) is 3.26. The highest BCUT2D eigenvalue weighted by Gasteiger charge is 2.30. The average Bonchev–Trinajstić information content (AvgIpc) is 3.20. The maximum Gasteiger partial charge on any atom is 0.223 e. The molecule has 1 fully saturated rings. The number of rotatable bonds is 3. The summed E-state index contributed by atoms with van der Waals surface area (Å²) >= 11 is 6.07. The van der Waals surface area contributed by atoms with Crippen LogP contribution < -0.4 is 0 Å². The number of imidazole rings is 1. The van der Waals surface area contributed by atoms with Gasteiger partial charge >= 0.3 is 0 Å². The molecule has 0 spiro atoms. The minimum absolute atomic E-state index is 0.204. The number of aryl methyl sites for hydroxylation is 2. The standard InChI is InChI=1S/C16H18ClN5O/c1-10-18-16(20-23-10)14-4-3-7-22(14)9-15-19-12-8-11(17)5-6-13(12)21(15)2/h5-6,8,14H,3-4,7,9H2,1-2H3. The summed E-state index contributed by atoms with van der Waals surface area (Å²) in [7, 11) is 2.04. The molecule has 1 aliphatic rings. The number of benzene rings is 1. The number of likely N-dealkylation sites (tertiary alicyclic amines) is 1. The maximum absolute atomic E-state index is 6.07. The second kappa shape index (κ2) is 5.62. The Labute approximate surface area is 139 Å². The number of fused-ring (bicyclic) bond motifs is 1. The molecule has 120 valence electrons. The zero-order chi connectivity index (χ0) is 16.0. The smallest absolute Gasteiger partial charge is 0.223 e. The van der Waals surface area contributed by atoms with Crippen LogP contribution in [0.1, 0.15) is 36.4 Å². The van der Waals surface area contributed by atoms with Crippen LogP contribution in [0.2, 0.25) is 5.02 Å². The summed E-state index contributed by atoms with van der Waals surface area (Å²) < 4.78 is 7.26. The fraction of sp³-hybridized carbons (Fsp3) is 0.438. The molecular formula is C16H18ClN5O. The van der Waals surface area contributed by atoms with Gasteiger partial charge in [-0.15, -0.1) is 0 Å². The normalized spacial score (nSPS) is 19.0. The van der Waals surface area contributed by atoms with E-state index < -0.39 is 0 Å². The first kappa shape index (κ1) is 14.7. The minimum atomic E-state index is 0.204. The van der Waals surface area contributed by atoms with Gasteiger partial charge in [0.25, 0.3) is 0 Å². The predicted molar refractivity (Wildman–Crippen MR) is 87.1 cm³/mol. The summed E-state index contributed by atoms with van der Waals surface area (Å²) in [6, 6.07) is 6.02. The lowest BCUT2D eigenvalue weighted by Crippen LogP contribution is -2.25. The molecule has 6 nitrogen and oxygen atoms in total. The van der Waals surface area contributed by atoms with Gasteiger partial charge < -0.3 is 9.09 Å². The molecule has 2 aromatic heterocycles. The van der Waals surface area contributed by atoms with Crippen molar-refractivity contribution in [3.05, 3.63) is 40.8 Å². The molecule has 7 heteroatoms. The highest BCUT2D eigenvalue weighted by Crippen LogP contribution is 2.32. The molecule has 4 rings (SSSR count). The van der Waals surface area contributed by atoms with Crippen molar-refractivity contribution in [1.29, 1.82) is 0 Å². The van der Waals surface area contributed by atoms with Gasteiger partial charge in [-0.1, -0.05) is 16.8 Å². The summed E-state index contributed by atoms with van der Waals surface area (Å²) in [5, 5.41) is 4.81. The number of hydrogen-bond donors (Lipinski definition) is 0. The summed E-state index contributed by atoms with van der Waals surface area (Å²) in [5.74, 6) is 2.42. The van der Waals surface area contributed by atoms with Crippen molar-refractivity contribution in [3.8, 4) is 0 Å². The van der Waals surface area contributed by atoms with Gasteiger partial charge in [0.05, 0.1) is 23.6 Å². The van der Waals surface area contributed by atoms with E-state index in [2.05, 4.69) is 19.6 Å². The fourth-order valence-corrected chi connectivity index (χ4v) is 3.47. The first-order valence-electron chi connectivity index (χ1n) is 7.77. The highest BCUT2D eigenvalue weighted by molar-refractivity contribution is 6.31. The minimum Gasteiger partial charge on any atom is -0.340 e.